The Labute approximate surface area is 250 Å². The summed E-state index contributed by atoms with van der Waals surface area (Å²) in [6.45, 7) is 8.89. The number of hydrogen-bond donors (Lipinski definition) is 2. The van der Waals surface area contributed by atoms with Gasteiger partial charge in [-0.3, -0.25) is 14.4 Å². The van der Waals surface area contributed by atoms with Crippen LogP contribution in [0, 0.1) is 23.7 Å². The molecular weight excluding hydrogens is 532 g/mol. The molecule has 3 amide bonds. The number of carbonyl (C=O) groups excluding carboxylic acids is 3. The van der Waals surface area contributed by atoms with E-state index in [9.17, 15) is 14.4 Å². The normalized spacial score (nSPS) is 33.2. The highest BCUT2D eigenvalue weighted by Gasteiger charge is 2.72. The second kappa shape index (κ2) is 12.8. The van der Waals surface area contributed by atoms with Crippen LogP contribution < -0.4 is 15.4 Å². The van der Waals surface area contributed by atoms with Crippen molar-refractivity contribution in [2.24, 2.45) is 23.7 Å². The van der Waals surface area contributed by atoms with Gasteiger partial charge in [-0.1, -0.05) is 52.2 Å². The quantitative estimate of drug-likeness (QED) is 0.365. The van der Waals surface area contributed by atoms with E-state index in [4.69, 9.17) is 9.47 Å². The summed E-state index contributed by atoms with van der Waals surface area (Å²) in [5, 5.41) is 6.31. The number of nitrogens with one attached hydrogen (secondary N) is 2. The van der Waals surface area contributed by atoms with Gasteiger partial charge in [-0.05, 0) is 75.5 Å². The molecule has 5 rings (SSSR count). The molecule has 9 heteroatoms. The van der Waals surface area contributed by atoms with Gasteiger partial charge >= 0.3 is 0 Å². The molecular formula is C33H48N4O5. The van der Waals surface area contributed by atoms with Crippen LogP contribution in [-0.2, 0) is 19.1 Å². The highest BCUT2D eigenvalue weighted by Crippen LogP contribution is 2.55. The minimum absolute atomic E-state index is 0.0607. The lowest BCUT2D eigenvalue weighted by Crippen LogP contribution is -2.58. The molecule has 8 atom stereocenters. The van der Waals surface area contributed by atoms with Gasteiger partial charge in [0.1, 0.15) is 17.4 Å². The molecule has 9 nitrogen and oxygen atoms in total. The summed E-state index contributed by atoms with van der Waals surface area (Å²) in [7, 11) is 3.69. The monoisotopic (exact) mass is 580 g/mol. The van der Waals surface area contributed by atoms with Crippen molar-refractivity contribution in [1.29, 1.82) is 0 Å². The lowest BCUT2D eigenvalue weighted by molar-refractivity contribution is -0.141. The second-order valence-electron chi connectivity index (χ2n) is 12.8. The number of benzene rings is 1. The summed E-state index contributed by atoms with van der Waals surface area (Å²) < 4.78 is 11.7. The summed E-state index contributed by atoms with van der Waals surface area (Å²) in [4.78, 5) is 46.1. The van der Waals surface area contributed by atoms with E-state index in [1.807, 2.05) is 12.2 Å². The SMILES string of the molecule is CCCCN(C)CCCN1C(=O)[C@H]2C(C(=O)Nc3ccc(OC)cc3)[C@H]3C=CC2(O3)C1C(=O)NC1CCCC(C)C1C. The number of nitrogens with zero attached hydrogens (tertiary/aromatic N) is 2. The highest BCUT2D eigenvalue weighted by molar-refractivity contribution is 6.02. The first-order valence-electron chi connectivity index (χ1n) is 15.8. The summed E-state index contributed by atoms with van der Waals surface area (Å²) in [6.07, 6.45) is 9.38. The molecule has 2 saturated heterocycles. The molecule has 3 heterocycles. The van der Waals surface area contributed by atoms with Gasteiger partial charge in [-0.2, -0.15) is 0 Å². The van der Waals surface area contributed by atoms with E-state index in [0.717, 1.165) is 51.6 Å². The van der Waals surface area contributed by atoms with Crippen molar-refractivity contribution < 1.29 is 23.9 Å². The van der Waals surface area contributed by atoms with Crippen LogP contribution in [-0.4, -0.2) is 85.1 Å². The van der Waals surface area contributed by atoms with Crippen LogP contribution in [0.25, 0.3) is 0 Å². The van der Waals surface area contributed by atoms with Gasteiger partial charge in [0, 0.05) is 18.3 Å². The molecule has 1 aliphatic carbocycles. The number of carbonyl (C=O) groups is 3. The van der Waals surface area contributed by atoms with Crippen LogP contribution in [0.15, 0.2) is 36.4 Å². The Kier molecular flexibility index (Phi) is 9.28. The Bertz CT molecular complexity index is 1170. The second-order valence-corrected chi connectivity index (χ2v) is 12.8. The average Bonchev–Trinajstić information content (AvgIpc) is 3.62. The molecule has 42 heavy (non-hydrogen) atoms. The van der Waals surface area contributed by atoms with Gasteiger partial charge in [0.25, 0.3) is 0 Å². The van der Waals surface area contributed by atoms with Crippen molar-refractivity contribution in [3.63, 3.8) is 0 Å². The minimum Gasteiger partial charge on any atom is -0.497 e. The molecule has 1 aromatic rings. The van der Waals surface area contributed by atoms with E-state index >= 15 is 0 Å². The zero-order chi connectivity index (χ0) is 30.0. The van der Waals surface area contributed by atoms with E-state index in [1.54, 1.807) is 36.3 Å². The van der Waals surface area contributed by atoms with Crippen molar-refractivity contribution in [2.45, 2.75) is 83.1 Å². The maximum absolute atomic E-state index is 14.2. The topological polar surface area (TPSA) is 100 Å². The zero-order valence-electron chi connectivity index (χ0n) is 25.8. The smallest absolute Gasteiger partial charge is 0.246 e. The predicted molar refractivity (Wildman–Crippen MR) is 162 cm³/mol. The number of methoxy groups -OCH3 is 1. The first-order valence-corrected chi connectivity index (χ1v) is 15.8. The number of unbranched alkanes of at least 4 members (excludes halogenated alkanes) is 1. The Morgan fingerprint density at radius 1 is 1.12 bits per heavy atom. The first kappa shape index (κ1) is 30.5. The number of amides is 3. The van der Waals surface area contributed by atoms with Crippen LogP contribution >= 0.6 is 0 Å². The molecule has 0 radical (unpaired) electrons. The fourth-order valence-electron chi connectivity index (χ4n) is 7.51. The Hall–Kier alpha value is -2.91. The lowest BCUT2D eigenvalue weighted by Gasteiger charge is -2.38. The summed E-state index contributed by atoms with van der Waals surface area (Å²) >= 11 is 0. The molecule has 1 saturated carbocycles. The van der Waals surface area contributed by atoms with Gasteiger partial charge in [0.2, 0.25) is 17.7 Å². The molecule has 4 aliphatic rings. The number of fused-ring (bicyclic) bond motifs is 1. The van der Waals surface area contributed by atoms with Gasteiger partial charge in [0.15, 0.2) is 0 Å². The first-order chi connectivity index (χ1) is 20.2. The zero-order valence-corrected chi connectivity index (χ0v) is 25.8. The lowest BCUT2D eigenvalue weighted by atomic mass is 9.73. The predicted octanol–water partition coefficient (Wildman–Crippen LogP) is 3.85. The van der Waals surface area contributed by atoms with Gasteiger partial charge in [-0.25, -0.2) is 0 Å². The number of rotatable bonds is 12. The van der Waals surface area contributed by atoms with E-state index in [0.29, 0.717) is 29.8 Å². The molecule has 0 aromatic heterocycles. The average molecular weight is 581 g/mol. The number of anilines is 1. The number of hydrogen-bond acceptors (Lipinski definition) is 6. The third-order valence-corrected chi connectivity index (χ3v) is 10.1. The number of likely N-dealkylation sites (tertiary alicyclic amines) is 1. The fraction of sp³-hybridized carbons (Fsp3) is 0.667. The summed E-state index contributed by atoms with van der Waals surface area (Å²) in [5.41, 5.74) is -0.528. The minimum atomic E-state index is -1.15. The van der Waals surface area contributed by atoms with E-state index in [2.05, 4.69) is 43.4 Å². The molecule has 3 aliphatic heterocycles. The summed E-state index contributed by atoms with van der Waals surface area (Å²) in [5.74, 6) is -0.503. The molecule has 2 bridgehead atoms. The van der Waals surface area contributed by atoms with Crippen molar-refractivity contribution in [3.8, 4) is 5.75 Å². The van der Waals surface area contributed by atoms with E-state index < -0.39 is 29.6 Å². The van der Waals surface area contributed by atoms with Crippen molar-refractivity contribution in [2.75, 3.05) is 39.1 Å². The van der Waals surface area contributed by atoms with Crippen LogP contribution in [0.2, 0.25) is 0 Å². The maximum atomic E-state index is 14.2. The van der Waals surface area contributed by atoms with Crippen LogP contribution in [0.4, 0.5) is 5.69 Å². The van der Waals surface area contributed by atoms with Crippen molar-refractivity contribution in [3.05, 3.63) is 36.4 Å². The van der Waals surface area contributed by atoms with Crippen LogP contribution in [0.1, 0.15) is 59.3 Å². The highest BCUT2D eigenvalue weighted by atomic mass is 16.5. The van der Waals surface area contributed by atoms with Crippen LogP contribution in [0.5, 0.6) is 5.75 Å². The Morgan fingerprint density at radius 2 is 1.86 bits per heavy atom. The molecule has 6 unspecified atom stereocenters. The standard InChI is InChI=1S/C33H48N4O5/c1-6-7-18-36(4)19-9-20-37-29(31(39)35-25-11-8-10-21(2)22(25)3)33-17-16-26(42-33)27(28(33)32(37)40)30(38)34-23-12-14-24(41-5)15-13-23/h12-17,21-22,25-29H,6-11,18-20H2,1-5H3,(H,34,38)(H,35,39)/t21?,22?,25?,26-,27?,28-,29?,33?/m1/s1. The summed E-state index contributed by atoms with van der Waals surface area (Å²) in [6, 6.07) is 6.36. The van der Waals surface area contributed by atoms with Gasteiger partial charge in [0.05, 0.1) is 25.0 Å². The Balaban J connectivity index is 1.38. The van der Waals surface area contributed by atoms with Gasteiger partial charge in [-0.15, -0.1) is 0 Å². The molecule has 1 spiro atoms. The molecule has 230 valence electrons. The molecule has 1 aromatic carbocycles. The maximum Gasteiger partial charge on any atom is 0.246 e. The molecule has 2 N–H and O–H groups in total. The van der Waals surface area contributed by atoms with Crippen LogP contribution in [0.3, 0.4) is 0 Å². The van der Waals surface area contributed by atoms with Crippen molar-refractivity contribution in [1.82, 2.24) is 15.1 Å². The number of ether oxygens (including phenoxy) is 2. The Morgan fingerprint density at radius 3 is 2.57 bits per heavy atom. The third-order valence-electron chi connectivity index (χ3n) is 10.1. The van der Waals surface area contributed by atoms with E-state index in [-0.39, 0.29) is 23.8 Å². The largest absolute Gasteiger partial charge is 0.497 e. The van der Waals surface area contributed by atoms with Gasteiger partial charge < -0.3 is 29.9 Å². The molecule has 3 fully saturated rings. The third kappa shape index (κ3) is 5.70. The fourth-order valence-corrected chi connectivity index (χ4v) is 7.51. The van der Waals surface area contributed by atoms with Crippen molar-refractivity contribution >= 4 is 23.4 Å². The van der Waals surface area contributed by atoms with E-state index in [1.165, 1.54) is 0 Å².